The molecule has 0 aliphatic rings. The standard InChI is InChI=1S/C11H9F4N5O/c1-5-2-9(21-11(13,14)15)6(12)3-7(5)19-20-8(4-16)10(17)18/h2-3,19H,1H3,(H3,17,18)/b20-8+. The summed E-state index contributed by atoms with van der Waals surface area (Å²) in [5.41, 5.74) is 7.01. The van der Waals surface area contributed by atoms with Crippen LogP contribution in [0.5, 0.6) is 5.75 Å². The van der Waals surface area contributed by atoms with E-state index in [4.69, 9.17) is 16.4 Å². The molecular weight excluding hydrogens is 294 g/mol. The first-order chi connectivity index (χ1) is 9.64. The van der Waals surface area contributed by atoms with E-state index in [2.05, 4.69) is 15.3 Å². The molecule has 0 unspecified atom stereocenters. The highest BCUT2D eigenvalue weighted by Gasteiger charge is 2.32. The van der Waals surface area contributed by atoms with E-state index in [1.807, 2.05) is 0 Å². The molecule has 21 heavy (non-hydrogen) atoms. The van der Waals surface area contributed by atoms with Crippen molar-refractivity contribution in [3.8, 4) is 11.8 Å². The monoisotopic (exact) mass is 303 g/mol. The maximum absolute atomic E-state index is 13.5. The summed E-state index contributed by atoms with van der Waals surface area (Å²) >= 11 is 0. The van der Waals surface area contributed by atoms with Crippen molar-refractivity contribution in [3.05, 3.63) is 23.5 Å². The molecule has 0 saturated heterocycles. The van der Waals surface area contributed by atoms with Crippen LogP contribution in [0.4, 0.5) is 23.2 Å². The molecule has 0 amide bonds. The Balaban J connectivity index is 3.05. The van der Waals surface area contributed by atoms with Gasteiger partial charge < -0.3 is 10.5 Å². The topological polar surface area (TPSA) is 107 Å². The van der Waals surface area contributed by atoms with Gasteiger partial charge in [-0.25, -0.2) is 4.39 Å². The van der Waals surface area contributed by atoms with Crippen LogP contribution in [0.25, 0.3) is 0 Å². The van der Waals surface area contributed by atoms with Crippen LogP contribution < -0.4 is 15.9 Å². The Bertz CT molecular complexity index is 633. The maximum Gasteiger partial charge on any atom is 0.573 e. The summed E-state index contributed by atoms with van der Waals surface area (Å²) in [6.07, 6.45) is -5.01. The minimum atomic E-state index is -5.01. The third-order valence-electron chi connectivity index (χ3n) is 2.15. The zero-order valence-corrected chi connectivity index (χ0v) is 10.5. The van der Waals surface area contributed by atoms with Crippen molar-refractivity contribution in [2.24, 2.45) is 10.8 Å². The molecule has 1 aromatic rings. The van der Waals surface area contributed by atoms with Crippen molar-refractivity contribution in [2.75, 3.05) is 5.43 Å². The molecule has 0 radical (unpaired) electrons. The van der Waals surface area contributed by atoms with Gasteiger partial charge in [0.15, 0.2) is 17.4 Å². The minimum absolute atomic E-state index is 0.00368. The Kier molecular flexibility index (Phi) is 4.70. The highest BCUT2D eigenvalue weighted by Crippen LogP contribution is 2.30. The maximum atomic E-state index is 13.5. The summed E-state index contributed by atoms with van der Waals surface area (Å²) in [5, 5.41) is 19.1. The number of nitriles is 1. The lowest BCUT2D eigenvalue weighted by molar-refractivity contribution is -0.275. The summed E-state index contributed by atoms with van der Waals surface area (Å²) < 4.78 is 53.1. The number of aryl methyl sites for hydroxylation is 1. The molecular formula is C11H9F4N5O. The van der Waals surface area contributed by atoms with Crippen molar-refractivity contribution in [1.82, 2.24) is 0 Å². The van der Waals surface area contributed by atoms with E-state index in [1.165, 1.54) is 13.0 Å². The molecule has 0 spiro atoms. The summed E-state index contributed by atoms with van der Waals surface area (Å²) in [7, 11) is 0. The largest absolute Gasteiger partial charge is 0.573 e. The van der Waals surface area contributed by atoms with E-state index in [1.54, 1.807) is 0 Å². The Morgan fingerprint density at radius 3 is 2.57 bits per heavy atom. The smallest absolute Gasteiger partial charge is 0.403 e. The van der Waals surface area contributed by atoms with Gasteiger partial charge in [-0.1, -0.05) is 0 Å². The van der Waals surface area contributed by atoms with Crippen LogP contribution in [0.15, 0.2) is 17.2 Å². The van der Waals surface area contributed by atoms with E-state index in [0.29, 0.717) is 0 Å². The lowest BCUT2D eigenvalue weighted by Gasteiger charge is -2.12. The van der Waals surface area contributed by atoms with Crippen molar-refractivity contribution in [3.63, 3.8) is 0 Å². The third-order valence-corrected chi connectivity index (χ3v) is 2.15. The molecule has 6 nitrogen and oxygen atoms in total. The van der Waals surface area contributed by atoms with Crippen molar-refractivity contribution >= 4 is 17.2 Å². The molecule has 4 N–H and O–H groups in total. The van der Waals surface area contributed by atoms with Crippen molar-refractivity contribution in [2.45, 2.75) is 13.3 Å². The first-order valence-electron chi connectivity index (χ1n) is 5.28. The van der Waals surface area contributed by atoms with Crippen LogP contribution >= 0.6 is 0 Å². The number of hydrogen-bond acceptors (Lipinski definition) is 5. The SMILES string of the molecule is Cc1cc(OC(F)(F)F)c(F)cc1N/N=C(\C#N)C(=N)N. The van der Waals surface area contributed by atoms with Gasteiger partial charge >= 0.3 is 6.36 Å². The summed E-state index contributed by atoms with van der Waals surface area (Å²) in [6.45, 7) is 1.38. The predicted molar refractivity (Wildman–Crippen MR) is 66.4 cm³/mol. The number of nitrogens with zero attached hydrogens (tertiary/aromatic N) is 2. The summed E-state index contributed by atoms with van der Waals surface area (Å²) in [5.74, 6) is -2.86. The zero-order valence-electron chi connectivity index (χ0n) is 10.5. The number of rotatable bonds is 4. The second-order valence-electron chi connectivity index (χ2n) is 3.74. The first kappa shape index (κ1) is 16.2. The lowest BCUT2D eigenvalue weighted by Crippen LogP contribution is -2.22. The summed E-state index contributed by atoms with van der Waals surface area (Å²) in [6, 6.07) is 3.06. The highest BCUT2D eigenvalue weighted by atomic mass is 19.4. The number of alkyl halides is 3. The average Bonchev–Trinajstić information content (AvgIpc) is 2.33. The number of halogens is 4. The number of hydrazone groups is 1. The number of nitrogens with two attached hydrogens (primary N) is 1. The van der Waals surface area contributed by atoms with Gasteiger partial charge in [-0.15, -0.1) is 13.2 Å². The van der Waals surface area contributed by atoms with E-state index < -0.39 is 29.5 Å². The Labute approximate surface area is 116 Å². The molecule has 10 heteroatoms. The van der Waals surface area contributed by atoms with Gasteiger partial charge in [0.1, 0.15) is 6.07 Å². The van der Waals surface area contributed by atoms with Crippen LogP contribution in [0, 0.1) is 29.5 Å². The van der Waals surface area contributed by atoms with Gasteiger partial charge in [-0.05, 0) is 18.6 Å². The molecule has 0 saturated carbocycles. The molecule has 0 fully saturated rings. The zero-order chi connectivity index (χ0) is 16.2. The fourth-order valence-electron chi connectivity index (χ4n) is 1.24. The van der Waals surface area contributed by atoms with E-state index >= 15 is 0 Å². The molecule has 0 aliphatic carbocycles. The number of benzene rings is 1. The van der Waals surface area contributed by atoms with Gasteiger partial charge in [0, 0.05) is 6.07 Å². The van der Waals surface area contributed by atoms with Crippen LogP contribution in [-0.2, 0) is 0 Å². The minimum Gasteiger partial charge on any atom is -0.403 e. The number of amidine groups is 1. The molecule has 112 valence electrons. The van der Waals surface area contributed by atoms with Crippen LogP contribution in [0.3, 0.4) is 0 Å². The lowest BCUT2D eigenvalue weighted by atomic mass is 10.2. The van der Waals surface area contributed by atoms with Gasteiger partial charge in [0.25, 0.3) is 0 Å². The van der Waals surface area contributed by atoms with E-state index in [0.717, 1.165) is 12.1 Å². The van der Waals surface area contributed by atoms with E-state index in [9.17, 15) is 17.6 Å². The van der Waals surface area contributed by atoms with Gasteiger partial charge in [-0.3, -0.25) is 10.8 Å². The number of nitrogens with one attached hydrogen (secondary N) is 2. The molecule has 1 aromatic carbocycles. The molecule has 1 rings (SSSR count). The Morgan fingerprint density at radius 1 is 1.48 bits per heavy atom. The Morgan fingerprint density at radius 2 is 2.10 bits per heavy atom. The van der Waals surface area contributed by atoms with Gasteiger partial charge in [0.05, 0.1) is 5.69 Å². The van der Waals surface area contributed by atoms with Crippen molar-refractivity contribution < 1.29 is 22.3 Å². The highest BCUT2D eigenvalue weighted by molar-refractivity contribution is 6.45. The molecule has 0 aliphatic heterocycles. The second kappa shape index (κ2) is 6.08. The third kappa shape index (κ3) is 4.64. The fourth-order valence-corrected chi connectivity index (χ4v) is 1.24. The van der Waals surface area contributed by atoms with E-state index in [-0.39, 0.29) is 11.3 Å². The van der Waals surface area contributed by atoms with Crippen molar-refractivity contribution in [1.29, 1.82) is 10.7 Å². The normalized spacial score (nSPS) is 11.7. The molecule has 0 bridgehead atoms. The fraction of sp³-hybridized carbons (Fsp3) is 0.182. The molecule has 0 atom stereocenters. The molecule has 0 aromatic heterocycles. The number of ether oxygens (including phenoxy) is 1. The first-order valence-corrected chi connectivity index (χ1v) is 5.28. The number of hydrogen-bond donors (Lipinski definition) is 3. The average molecular weight is 303 g/mol. The van der Waals surface area contributed by atoms with Crippen LogP contribution in [0.2, 0.25) is 0 Å². The predicted octanol–water partition coefficient (Wildman–Crippen LogP) is 2.26. The summed E-state index contributed by atoms with van der Waals surface area (Å²) in [4.78, 5) is 0. The van der Waals surface area contributed by atoms with Crippen LogP contribution in [-0.4, -0.2) is 17.9 Å². The quantitative estimate of drug-likeness (QED) is 0.343. The van der Waals surface area contributed by atoms with Gasteiger partial charge in [-0.2, -0.15) is 10.4 Å². The van der Waals surface area contributed by atoms with Crippen LogP contribution in [0.1, 0.15) is 5.56 Å². The number of anilines is 1. The van der Waals surface area contributed by atoms with Gasteiger partial charge in [0.2, 0.25) is 5.71 Å². The molecule has 0 heterocycles. The second-order valence-corrected chi connectivity index (χ2v) is 3.74. The Hall–Kier alpha value is -2.83.